The number of allylic oxidation sites excluding steroid dienone is 13. The molecule has 1 heterocycles. The molecule has 1 heteroatoms. The van der Waals surface area contributed by atoms with Crippen molar-refractivity contribution in [2.24, 2.45) is 0 Å². The van der Waals surface area contributed by atoms with Gasteiger partial charge in [0.05, 0.1) is 0 Å². The monoisotopic (exact) mass is 398 g/mol. The van der Waals surface area contributed by atoms with Gasteiger partial charge in [0.2, 0.25) is 0 Å². The molecular weight excluding hydrogens is 368 g/mol. The lowest BCUT2D eigenvalue weighted by Crippen LogP contribution is -1.94. The normalized spacial score (nSPS) is 21.4. The minimum Gasteiger partial charge on any atom is -0.0991 e. The summed E-state index contributed by atoms with van der Waals surface area (Å²) in [4.78, 5) is 1.26. The summed E-state index contributed by atoms with van der Waals surface area (Å²) in [6, 6.07) is 6.63. The van der Waals surface area contributed by atoms with Crippen molar-refractivity contribution in [2.45, 2.75) is 27.7 Å². The van der Waals surface area contributed by atoms with Gasteiger partial charge in [-0.3, -0.25) is 0 Å². The summed E-state index contributed by atoms with van der Waals surface area (Å²) in [6.45, 7) is 16.5. The van der Waals surface area contributed by atoms with Gasteiger partial charge in [-0.2, -0.15) is 0 Å². The third kappa shape index (κ3) is 6.37. The Balaban J connectivity index is 2.39. The second-order valence-electron chi connectivity index (χ2n) is 6.93. The number of aryl methyl sites for hydroxylation is 1. The van der Waals surface area contributed by atoms with Crippen LogP contribution in [0.1, 0.15) is 37.5 Å². The van der Waals surface area contributed by atoms with Gasteiger partial charge in [0.25, 0.3) is 0 Å². The van der Waals surface area contributed by atoms with Crippen LogP contribution in [-0.4, -0.2) is 0 Å². The Morgan fingerprint density at radius 3 is 2.55 bits per heavy atom. The molecule has 0 amide bonds. The molecular formula is C28H30S. The van der Waals surface area contributed by atoms with E-state index in [9.17, 15) is 0 Å². The lowest BCUT2D eigenvalue weighted by atomic mass is 9.97. The molecule has 0 radical (unpaired) electrons. The largest absolute Gasteiger partial charge is 0.0991 e. The molecule has 0 N–H and O–H groups in total. The van der Waals surface area contributed by atoms with Crippen molar-refractivity contribution in [1.29, 1.82) is 0 Å². The zero-order chi connectivity index (χ0) is 21.2. The van der Waals surface area contributed by atoms with E-state index in [0.29, 0.717) is 0 Å². The number of hydrogen-bond donors (Lipinski definition) is 0. The molecule has 0 nitrogen and oxygen atoms in total. The maximum Gasteiger partial charge on any atom is 0.0226 e. The van der Waals surface area contributed by atoms with E-state index in [4.69, 9.17) is 0 Å². The molecule has 1 aromatic rings. The fourth-order valence-electron chi connectivity index (χ4n) is 2.96. The zero-order valence-electron chi connectivity index (χ0n) is 17.9. The van der Waals surface area contributed by atoms with E-state index in [0.717, 1.165) is 5.57 Å². The van der Waals surface area contributed by atoms with Gasteiger partial charge in [-0.25, -0.2) is 0 Å². The van der Waals surface area contributed by atoms with Crippen molar-refractivity contribution in [3.63, 3.8) is 0 Å². The average Bonchev–Trinajstić information content (AvgIpc) is 2.69. The quantitative estimate of drug-likeness (QED) is 0.432. The SMILES string of the molecule is C=C\C=C/C=C(C)/C1=C/C(=C)/C(C)=C(/c2ccc(/C=C\C=C/C)cc2C)S/C=C\1. The van der Waals surface area contributed by atoms with Gasteiger partial charge in [0, 0.05) is 4.91 Å². The topological polar surface area (TPSA) is 0 Å². The second-order valence-corrected chi connectivity index (χ2v) is 7.85. The molecule has 1 aromatic carbocycles. The van der Waals surface area contributed by atoms with E-state index in [1.54, 1.807) is 17.8 Å². The Hall–Kier alpha value is -2.77. The predicted molar refractivity (Wildman–Crippen MR) is 135 cm³/mol. The number of benzene rings is 1. The van der Waals surface area contributed by atoms with Gasteiger partial charge < -0.3 is 0 Å². The number of rotatable bonds is 6. The highest BCUT2D eigenvalue weighted by Crippen LogP contribution is 2.38. The molecule has 1 aliphatic rings. The first-order chi connectivity index (χ1) is 14.0. The summed E-state index contributed by atoms with van der Waals surface area (Å²) < 4.78 is 0. The standard InChI is InChI=1S/C28H30S/c1-7-9-11-13-21(3)26-17-18-29-28(24(6)22(4)20-26)27-16-15-25(19-23(27)5)14-12-10-8-2/h7-20H,1,4H2,2-3,5-6H3/b10-8-,11-9-,14-12-,18-17-,21-13+,26-20+,28-24-. The summed E-state index contributed by atoms with van der Waals surface area (Å²) in [5.74, 6) is 0. The van der Waals surface area contributed by atoms with Gasteiger partial charge in [-0.1, -0.05) is 91.7 Å². The molecule has 0 saturated carbocycles. The molecule has 0 saturated heterocycles. The Kier molecular flexibility index (Phi) is 8.76. The van der Waals surface area contributed by atoms with Crippen LogP contribution in [0.15, 0.2) is 114 Å². The lowest BCUT2D eigenvalue weighted by Gasteiger charge is -2.17. The Labute approximate surface area is 180 Å². The van der Waals surface area contributed by atoms with Crippen LogP contribution in [0.4, 0.5) is 0 Å². The van der Waals surface area contributed by atoms with Crippen LogP contribution in [0.25, 0.3) is 11.0 Å². The summed E-state index contributed by atoms with van der Waals surface area (Å²) >= 11 is 1.76. The Bertz CT molecular complexity index is 985. The summed E-state index contributed by atoms with van der Waals surface area (Å²) in [7, 11) is 0. The molecule has 148 valence electrons. The molecule has 0 fully saturated rings. The number of thioether (sulfide) groups is 1. The van der Waals surface area contributed by atoms with Crippen molar-refractivity contribution in [3.8, 4) is 0 Å². The smallest absolute Gasteiger partial charge is 0.0226 e. The van der Waals surface area contributed by atoms with E-state index in [2.05, 4.69) is 87.9 Å². The minimum absolute atomic E-state index is 1.05. The van der Waals surface area contributed by atoms with E-state index < -0.39 is 0 Å². The fraction of sp³-hybridized carbons (Fsp3) is 0.143. The Morgan fingerprint density at radius 2 is 1.86 bits per heavy atom. The molecule has 0 atom stereocenters. The number of hydrogen-bond acceptors (Lipinski definition) is 1. The minimum atomic E-state index is 1.05. The predicted octanol–water partition coefficient (Wildman–Crippen LogP) is 8.75. The molecule has 0 aliphatic carbocycles. The Morgan fingerprint density at radius 1 is 1.07 bits per heavy atom. The zero-order valence-corrected chi connectivity index (χ0v) is 18.7. The highest BCUT2D eigenvalue weighted by atomic mass is 32.2. The third-order valence-corrected chi connectivity index (χ3v) is 5.76. The van der Waals surface area contributed by atoms with E-state index in [1.807, 2.05) is 31.2 Å². The van der Waals surface area contributed by atoms with Gasteiger partial charge >= 0.3 is 0 Å². The van der Waals surface area contributed by atoms with Gasteiger partial charge in [-0.15, -0.1) is 0 Å². The van der Waals surface area contributed by atoms with E-state index in [1.165, 1.54) is 38.3 Å². The van der Waals surface area contributed by atoms with Crippen LogP contribution in [0.2, 0.25) is 0 Å². The second kappa shape index (κ2) is 11.3. The maximum atomic E-state index is 4.34. The molecule has 0 bridgehead atoms. The van der Waals surface area contributed by atoms with Crippen LogP contribution in [0, 0.1) is 6.92 Å². The molecule has 0 aromatic heterocycles. The lowest BCUT2D eigenvalue weighted by molar-refractivity contribution is 1.37. The first-order valence-electron chi connectivity index (χ1n) is 9.79. The van der Waals surface area contributed by atoms with Gasteiger partial charge in [0.1, 0.15) is 0 Å². The fourth-order valence-corrected chi connectivity index (χ4v) is 3.98. The van der Waals surface area contributed by atoms with Crippen molar-refractivity contribution in [3.05, 3.63) is 130 Å². The van der Waals surface area contributed by atoms with Crippen molar-refractivity contribution in [1.82, 2.24) is 0 Å². The summed E-state index contributed by atoms with van der Waals surface area (Å²) in [6.07, 6.45) is 20.4. The highest BCUT2D eigenvalue weighted by molar-refractivity contribution is 8.11. The van der Waals surface area contributed by atoms with Crippen LogP contribution in [0.3, 0.4) is 0 Å². The summed E-state index contributed by atoms with van der Waals surface area (Å²) in [5.41, 5.74) is 8.38. The maximum absolute atomic E-state index is 4.34. The van der Waals surface area contributed by atoms with Crippen molar-refractivity contribution in [2.75, 3.05) is 0 Å². The van der Waals surface area contributed by atoms with Gasteiger partial charge in [-0.05, 0) is 84.2 Å². The van der Waals surface area contributed by atoms with E-state index in [-0.39, 0.29) is 0 Å². The van der Waals surface area contributed by atoms with E-state index >= 15 is 0 Å². The van der Waals surface area contributed by atoms with Crippen LogP contribution < -0.4 is 0 Å². The van der Waals surface area contributed by atoms with Crippen LogP contribution in [0.5, 0.6) is 0 Å². The van der Waals surface area contributed by atoms with Crippen LogP contribution >= 0.6 is 11.8 Å². The molecule has 0 unspecified atom stereocenters. The average molecular weight is 399 g/mol. The third-order valence-electron chi connectivity index (χ3n) is 4.72. The van der Waals surface area contributed by atoms with Crippen LogP contribution in [-0.2, 0) is 0 Å². The first kappa shape index (κ1) is 22.5. The van der Waals surface area contributed by atoms with Gasteiger partial charge in [0.15, 0.2) is 0 Å². The molecule has 1 aliphatic heterocycles. The molecule has 2 rings (SSSR count). The highest BCUT2D eigenvalue weighted by Gasteiger charge is 2.13. The summed E-state index contributed by atoms with van der Waals surface area (Å²) in [5, 5.41) is 2.17. The molecule has 0 spiro atoms. The first-order valence-corrected chi connectivity index (χ1v) is 10.7. The molecule has 29 heavy (non-hydrogen) atoms. The van der Waals surface area contributed by atoms with Crippen molar-refractivity contribution >= 4 is 22.7 Å². The van der Waals surface area contributed by atoms with Crippen molar-refractivity contribution < 1.29 is 0 Å².